The summed E-state index contributed by atoms with van der Waals surface area (Å²) in [6.07, 6.45) is -0.636. The number of nitrogens with zero attached hydrogens (tertiary/aromatic N) is 2. The highest BCUT2D eigenvalue weighted by atomic mass is 16.5. The van der Waals surface area contributed by atoms with E-state index in [2.05, 4.69) is 5.29 Å². The van der Waals surface area contributed by atoms with E-state index < -0.39 is 42.5 Å². The summed E-state index contributed by atoms with van der Waals surface area (Å²) in [6, 6.07) is 2.67. The van der Waals surface area contributed by atoms with E-state index in [1.54, 1.807) is 12.1 Å². The van der Waals surface area contributed by atoms with Crippen LogP contribution in [0.2, 0.25) is 0 Å². The molecule has 1 aromatic rings. The number of hydrogen-bond acceptors (Lipinski definition) is 5. The van der Waals surface area contributed by atoms with E-state index in [0.29, 0.717) is 12.0 Å². The molecule has 0 aromatic heterocycles. The molecule has 1 saturated heterocycles. The topological polar surface area (TPSA) is 82.4 Å². The van der Waals surface area contributed by atoms with Gasteiger partial charge >= 0.3 is 0 Å². The molecule has 6 atom stereocenters. The normalized spacial score (nSPS) is 47.8. The van der Waals surface area contributed by atoms with Gasteiger partial charge in [-0.15, -0.1) is 4.91 Å². The third kappa shape index (κ3) is 1.18. The van der Waals surface area contributed by atoms with Crippen molar-refractivity contribution in [2.75, 3.05) is 6.52 Å². The molecule has 22 heavy (non-hydrogen) atoms. The van der Waals surface area contributed by atoms with Gasteiger partial charge in [0.05, 0.1) is 12.7 Å². The van der Waals surface area contributed by atoms with Gasteiger partial charge in [-0.2, -0.15) is 0 Å². The van der Waals surface area contributed by atoms with Gasteiger partial charge in [0.2, 0.25) is 0 Å². The van der Waals surface area contributed by atoms with Crippen molar-refractivity contribution >= 4 is 0 Å². The van der Waals surface area contributed by atoms with E-state index in [-0.39, 0.29) is 11.5 Å². The van der Waals surface area contributed by atoms with E-state index in [0.717, 1.165) is 10.6 Å². The number of aliphatic hydroxyl groups excluding tert-OH is 1. The first-order chi connectivity index (χ1) is 11.9. The molecule has 6 nitrogen and oxygen atoms in total. The van der Waals surface area contributed by atoms with Crippen LogP contribution in [0.1, 0.15) is 21.6 Å². The molecule has 1 spiro atoms. The Balaban J connectivity index is 1.91. The van der Waals surface area contributed by atoms with Gasteiger partial charge in [0.25, 0.3) is 0 Å². The van der Waals surface area contributed by atoms with Gasteiger partial charge in [-0.1, -0.05) is 18.2 Å². The molecule has 5 rings (SSSR count). The van der Waals surface area contributed by atoms with Gasteiger partial charge < -0.3 is 14.9 Å². The third-order valence-corrected chi connectivity index (χ3v) is 5.40. The van der Waals surface area contributed by atoms with Crippen molar-refractivity contribution in [2.24, 2.45) is 11.2 Å². The smallest absolute Gasteiger partial charge is 0.165 e. The molecular formula is C16H16N2O4. The van der Waals surface area contributed by atoms with Crippen LogP contribution in [0.5, 0.6) is 11.5 Å². The fourth-order valence-electron chi connectivity index (χ4n) is 4.54. The summed E-state index contributed by atoms with van der Waals surface area (Å²) in [6.45, 7) is -1.53. The Morgan fingerprint density at radius 2 is 2.32 bits per heavy atom. The lowest BCUT2D eigenvalue weighted by molar-refractivity contribution is -0.0516. The van der Waals surface area contributed by atoms with Crippen molar-refractivity contribution in [2.45, 2.75) is 36.5 Å². The largest absolute Gasteiger partial charge is 0.504 e. The van der Waals surface area contributed by atoms with Gasteiger partial charge in [-0.05, 0) is 24.4 Å². The summed E-state index contributed by atoms with van der Waals surface area (Å²) in [4.78, 5) is 11.4. The number of phenolic OH excluding ortho intramolecular Hbond substituents is 1. The zero-order chi connectivity index (χ0) is 17.7. The van der Waals surface area contributed by atoms with Gasteiger partial charge in [-0.3, -0.25) is 5.01 Å². The average Bonchev–Trinajstić information content (AvgIpc) is 2.96. The van der Waals surface area contributed by atoms with Crippen molar-refractivity contribution in [1.29, 1.82) is 0 Å². The zero-order valence-electron chi connectivity index (χ0n) is 14.5. The number of rotatable bonds is 1. The van der Waals surface area contributed by atoms with Gasteiger partial charge in [0, 0.05) is 26.2 Å². The molecule has 2 heterocycles. The second-order valence-electron chi connectivity index (χ2n) is 6.26. The average molecular weight is 303 g/mol. The second kappa shape index (κ2) is 3.81. The Morgan fingerprint density at radius 1 is 1.45 bits per heavy atom. The number of aromatic hydroxyl groups is 1. The van der Waals surface area contributed by atoms with E-state index >= 15 is 0 Å². The summed E-state index contributed by atoms with van der Waals surface area (Å²) < 4.78 is 31.7. The first kappa shape index (κ1) is 9.84. The van der Waals surface area contributed by atoms with Crippen LogP contribution in [0, 0.1) is 10.8 Å². The van der Waals surface area contributed by atoms with Gasteiger partial charge in [0.15, 0.2) is 11.5 Å². The van der Waals surface area contributed by atoms with Crippen LogP contribution in [0.15, 0.2) is 29.6 Å². The van der Waals surface area contributed by atoms with Gasteiger partial charge in [0.1, 0.15) is 12.2 Å². The van der Waals surface area contributed by atoms with E-state index in [1.807, 2.05) is 0 Å². The Bertz CT molecular complexity index is 832. The molecule has 2 N–H and O–H groups in total. The lowest BCUT2D eigenvalue weighted by Gasteiger charge is -2.55. The second-order valence-corrected chi connectivity index (χ2v) is 6.26. The molecule has 2 unspecified atom stereocenters. The molecule has 0 amide bonds. The highest BCUT2D eigenvalue weighted by Gasteiger charge is 2.64. The Kier molecular flexibility index (Phi) is 1.71. The molecule has 114 valence electrons. The maximum atomic E-state index is 11.4. The number of nitroso groups, excluding NO2 is 1. The molecule has 0 radical (unpaired) electrons. The minimum Gasteiger partial charge on any atom is -0.504 e. The quantitative estimate of drug-likeness (QED) is 0.603. The molecule has 0 saturated carbocycles. The molecular weight excluding hydrogens is 284 g/mol. The fourth-order valence-corrected chi connectivity index (χ4v) is 4.54. The molecule has 6 heteroatoms. The van der Waals surface area contributed by atoms with E-state index in [4.69, 9.17) is 8.85 Å². The summed E-state index contributed by atoms with van der Waals surface area (Å²) in [5.74, 6) is -0.428. The maximum Gasteiger partial charge on any atom is 0.165 e. The van der Waals surface area contributed by atoms with Crippen molar-refractivity contribution in [3.63, 3.8) is 0 Å². The minimum atomic E-state index is -2.23. The minimum absolute atomic E-state index is 0.111. The number of benzene rings is 1. The van der Waals surface area contributed by atoms with Crippen LogP contribution in [0.3, 0.4) is 0 Å². The molecule has 1 aromatic carbocycles. The Morgan fingerprint density at radius 3 is 3.14 bits per heavy atom. The number of ether oxygens (including phenoxy) is 1. The maximum absolute atomic E-state index is 11.4. The van der Waals surface area contributed by atoms with Crippen molar-refractivity contribution in [3.05, 3.63) is 40.3 Å². The summed E-state index contributed by atoms with van der Waals surface area (Å²) in [5.41, 5.74) is -0.0698. The van der Waals surface area contributed by atoms with Crippen molar-refractivity contribution in [3.8, 4) is 11.5 Å². The van der Waals surface area contributed by atoms with Crippen LogP contribution in [0.25, 0.3) is 0 Å². The zero-order valence-corrected chi connectivity index (χ0v) is 11.5. The van der Waals surface area contributed by atoms with Crippen molar-refractivity contribution < 1.29 is 19.1 Å². The molecule has 2 aliphatic heterocycles. The van der Waals surface area contributed by atoms with Crippen LogP contribution in [-0.2, 0) is 11.8 Å². The molecule has 4 aliphatic rings. The summed E-state index contributed by atoms with van der Waals surface area (Å²) >= 11 is 0. The summed E-state index contributed by atoms with van der Waals surface area (Å²) in [7, 11) is 0. The lowest BCUT2D eigenvalue weighted by atomic mass is 9.53. The Hall–Kier alpha value is -2.08. The monoisotopic (exact) mass is 303 g/mol. The highest BCUT2D eigenvalue weighted by molar-refractivity contribution is 5.61. The van der Waals surface area contributed by atoms with Crippen LogP contribution >= 0.6 is 0 Å². The van der Waals surface area contributed by atoms with E-state index in [9.17, 15) is 15.1 Å². The number of piperidine rings is 1. The van der Waals surface area contributed by atoms with Crippen LogP contribution < -0.4 is 4.74 Å². The van der Waals surface area contributed by atoms with Crippen LogP contribution in [-0.4, -0.2) is 40.0 Å². The predicted octanol–water partition coefficient (Wildman–Crippen LogP) is 1.25. The van der Waals surface area contributed by atoms with Crippen LogP contribution in [0.4, 0.5) is 0 Å². The third-order valence-electron chi connectivity index (χ3n) is 5.40. The first-order valence-corrected chi connectivity index (χ1v) is 7.28. The summed E-state index contributed by atoms with van der Waals surface area (Å²) in [5, 5.41) is 24.7. The van der Waals surface area contributed by atoms with Crippen molar-refractivity contribution in [1.82, 2.24) is 5.01 Å². The molecule has 1 fully saturated rings. The van der Waals surface area contributed by atoms with Gasteiger partial charge in [-0.25, -0.2) is 0 Å². The number of hydrogen-bond donors (Lipinski definition) is 2. The lowest BCUT2D eigenvalue weighted by Crippen LogP contribution is -2.64. The molecule has 2 aliphatic carbocycles. The Labute approximate surface area is 131 Å². The first-order valence-electron chi connectivity index (χ1n) is 8.85. The highest BCUT2D eigenvalue weighted by Crippen LogP contribution is 2.62. The van der Waals surface area contributed by atoms with E-state index in [1.165, 1.54) is 12.1 Å². The fraction of sp³-hybridized carbons (Fsp3) is 0.500. The standard InChI is InChI=1S/C16H16N2O4/c19-11-3-1-8-7-10-9-2-4-12(20)15-16(9,5-6-18(10)17-21)13(8)14(11)22-15/h1-4,9-10,12,15,19-20H,5-7H2/t9-,10+,12-,15-,16?/m0/s1/i5D2,6D/t6?,9-,10+,12-,15-,16?. The predicted molar refractivity (Wildman–Crippen MR) is 77.4 cm³/mol. The number of aliphatic hydroxyl groups is 1. The molecule has 2 bridgehead atoms. The number of phenols is 1. The SMILES string of the molecule is [2H]C1N(N=O)[C@@H]2Cc3ccc(O)c4c3C3([C@H]2C=C[C@H](O)[C@@H]3O4)C1([2H])[2H].